The van der Waals surface area contributed by atoms with E-state index in [9.17, 15) is 0 Å². The molecular weight excluding hydrogens is 380 g/mol. The van der Waals surface area contributed by atoms with Gasteiger partial charge in [0.2, 0.25) is 0 Å². The average Bonchev–Trinajstić information content (AvgIpc) is 3.05. The van der Waals surface area contributed by atoms with Crippen LogP contribution in [0.15, 0.2) is 87.9 Å². The predicted molar refractivity (Wildman–Crippen MR) is 136 cm³/mol. The Kier molecular flexibility index (Phi) is 10.9. The highest BCUT2D eigenvalue weighted by Gasteiger charge is 2.16. The lowest BCUT2D eigenvalue weighted by molar-refractivity contribution is 0.369. The summed E-state index contributed by atoms with van der Waals surface area (Å²) in [6.45, 7) is 15.5. The van der Waals surface area contributed by atoms with E-state index in [1.54, 1.807) is 0 Å². The van der Waals surface area contributed by atoms with Crippen LogP contribution in [0.25, 0.3) is 0 Å². The van der Waals surface area contributed by atoms with Crippen LogP contribution >= 0.6 is 0 Å². The number of hydrogen-bond donors (Lipinski definition) is 2. The first-order valence-electron chi connectivity index (χ1n) is 11.6. The Morgan fingerprint density at radius 1 is 1.16 bits per heavy atom. The molecular formula is C27H40N4. The summed E-state index contributed by atoms with van der Waals surface area (Å²) in [4.78, 5) is 7.12. The van der Waals surface area contributed by atoms with Crippen molar-refractivity contribution in [1.82, 2.24) is 15.5 Å². The van der Waals surface area contributed by atoms with Gasteiger partial charge in [-0.25, -0.2) is 0 Å². The molecule has 0 unspecified atom stereocenters. The summed E-state index contributed by atoms with van der Waals surface area (Å²) in [6.07, 6.45) is 21.5. The lowest BCUT2D eigenvalue weighted by Gasteiger charge is -2.28. The summed E-state index contributed by atoms with van der Waals surface area (Å²) in [5, 5.41) is 7.20. The molecule has 31 heavy (non-hydrogen) atoms. The standard InChI is InChI=1S/C27H40N4/c1-6-10-24-13-12-23(20-26(24)29-15-7-2)21-30-25(8-3)27(14-11-22(4)5)31-18-9-16-28-17-19-31/h7-8,10-15,20,28,30H,6,9,16-19,21H2,1-5H3/b15-7-,24-10+,25-8+,27-14+,29-26+. The zero-order valence-electron chi connectivity index (χ0n) is 20.0. The smallest absolute Gasteiger partial charge is 0.0701 e. The second kappa shape index (κ2) is 13.7. The van der Waals surface area contributed by atoms with Gasteiger partial charge in [0.1, 0.15) is 0 Å². The zero-order valence-corrected chi connectivity index (χ0v) is 20.0. The normalized spacial score (nSPS) is 20.9. The summed E-state index contributed by atoms with van der Waals surface area (Å²) in [7, 11) is 0. The van der Waals surface area contributed by atoms with Crippen LogP contribution in [0.5, 0.6) is 0 Å². The minimum absolute atomic E-state index is 0.767. The van der Waals surface area contributed by atoms with E-state index >= 15 is 0 Å². The van der Waals surface area contributed by atoms with Crippen LogP contribution in [-0.2, 0) is 0 Å². The highest BCUT2D eigenvalue weighted by atomic mass is 15.2. The van der Waals surface area contributed by atoms with E-state index in [4.69, 9.17) is 0 Å². The van der Waals surface area contributed by atoms with Gasteiger partial charge < -0.3 is 15.5 Å². The van der Waals surface area contributed by atoms with E-state index in [1.165, 1.54) is 28.1 Å². The Labute approximate surface area is 189 Å². The van der Waals surface area contributed by atoms with Crippen molar-refractivity contribution in [2.45, 2.75) is 47.5 Å². The van der Waals surface area contributed by atoms with Gasteiger partial charge in [0, 0.05) is 32.4 Å². The van der Waals surface area contributed by atoms with Gasteiger partial charge in [-0.3, -0.25) is 4.99 Å². The van der Waals surface area contributed by atoms with Gasteiger partial charge in [-0.2, -0.15) is 0 Å². The molecule has 2 aliphatic rings. The van der Waals surface area contributed by atoms with Gasteiger partial charge in [-0.1, -0.05) is 49.0 Å². The molecule has 0 atom stereocenters. The van der Waals surface area contributed by atoms with Crippen LogP contribution in [0.3, 0.4) is 0 Å². The Morgan fingerprint density at radius 3 is 2.71 bits per heavy atom. The SMILES string of the molecule is C\C=C/N=C1\C=C(CNC(=C/C)/C(=C\C=C(C)C)N2CCCNCC2)C=C\C1=C/CC. The number of rotatable bonds is 8. The lowest BCUT2D eigenvalue weighted by Crippen LogP contribution is -2.32. The van der Waals surface area contributed by atoms with E-state index in [-0.39, 0.29) is 0 Å². The minimum atomic E-state index is 0.767. The molecule has 1 fully saturated rings. The molecule has 0 aromatic rings. The third-order valence-electron chi connectivity index (χ3n) is 5.18. The third kappa shape index (κ3) is 8.22. The summed E-state index contributed by atoms with van der Waals surface area (Å²) in [6, 6.07) is 0. The molecule has 4 heteroatoms. The number of hydrogen-bond acceptors (Lipinski definition) is 4. The van der Waals surface area contributed by atoms with E-state index in [0.717, 1.165) is 51.3 Å². The van der Waals surface area contributed by atoms with Gasteiger partial charge in [0.05, 0.1) is 17.1 Å². The molecule has 0 aromatic carbocycles. The van der Waals surface area contributed by atoms with Gasteiger partial charge in [0.15, 0.2) is 0 Å². The zero-order chi connectivity index (χ0) is 22.5. The van der Waals surface area contributed by atoms with Crippen molar-refractivity contribution < 1.29 is 0 Å². The van der Waals surface area contributed by atoms with Gasteiger partial charge in [-0.05, 0) is 70.4 Å². The van der Waals surface area contributed by atoms with E-state index in [2.05, 4.69) is 90.8 Å². The van der Waals surface area contributed by atoms with Crippen molar-refractivity contribution >= 4 is 5.71 Å². The van der Waals surface area contributed by atoms with Crippen LogP contribution < -0.4 is 10.6 Å². The summed E-state index contributed by atoms with van der Waals surface area (Å²) in [5.41, 5.74) is 7.20. The molecule has 0 bridgehead atoms. The number of aliphatic imine (C=N–C) groups is 1. The van der Waals surface area contributed by atoms with Crippen LogP contribution in [0, 0.1) is 0 Å². The first-order valence-corrected chi connectivity index (χ1v) is 11.6. The molecule has 1 aliphatic carbocycles. The Bertz CT molecular complexity index is 819. The molecule has 1 heterocycles. The van der Waals surface area contributed by atoms with Crippen molar-refractivity contribution in [2.24, 2.45) is 4.99 Å². The second-order valence-electron chi connectivity index (χ2n) is 8.06. The van der Waals surface area contributed by atoms with Crippen molar-refractivity contribution in [2.75, 3.05) is 32.7 Å². The summed E-state index contributed by atoms with van der Waals surface area (Å²) in [5.74, 6) is 0. The first kappa shape index (κ1) is 24.7. The van der Waals surface area contributed by atoms with E-state index in [0.29, 0.717) is 0 Å². The van der Waals surface area contributed by atoms with E-state index < -0.39 is 0 Å². The minimum Gasteiger partial charge on any atom is -0.380 e. The highest BCUT2D eigenvalue weighted by molar-refractivity contribution is 6.12. The number of nitrogens with zero attached hydrogens (tertiary/aromatic N) is 2. The Balaban J connectivity index is 2.21. The molecule has 0 aromatic heterocycles. The second-order valence-corrected chi connectivity index (χ2v) is 8.06. The van der Waals surface area contributed by atoms with Crippen molar-refractivity contribution in [3.8, 4) is 0 Å². The molecule has 168 valence electrons. The van der Waals surface area contributed by atoms with Crippen LogP contribution in [0.1, 0.15) is 47.5 Å². The molecule has 4 nitrogen and oxygen atoms in total. The van der Waals surface area contributed by atoms with Crippen molar-refractivity contribution in [3.05, 3.63) is 82.9 Å². The summed E-state index contributed by atoms with van der Waals surface area (Å²) >= 11 is 0. The van der Waals surface area contributed by atoms with Crippen LogP contribution in [-0.4, -0.2) is 43.3 Å². The first-order chi connectivity index (χ1) is 15.1. The topological polar surface area (TPSA) is 39.7 Å². The van der Waals surface area contributed by atoms with Gasteiger partial charge >= 0.3 is 0 Å². The maximum absolute atomic E-state index is 4.63. The van der Waals surface area contributed by atoms with Crippen molar-refractivity contribution in [3.63, 3.8) is 0 Å². The maximum Gasteiger partial charge on any atom is 0.0701 e. The number of nitrogens with one attached hydrogen (secondary N) is 2. The molecule has 0 spiro atoms. The fourth-order valence-electron chi connectivity index (χ4n) is 3.59. The fourth-order valence-corrected chi connectivity index (χ4v) is 3.59. The van der Waals surface area contributed by atoms with Crippen molar-refractivity contribution in [1.29, 1.82) is 0 Å². The van der Waals surface area contributed by atoms with Crippen LogP contribution in [0.4, 0.5) is 0 Å². The molecule has 0 radical (unpaired) electrons. The molecule has 2 N–H and O–H groups in total. The maximum atomic E-state index is 4.63. The molecule has 1 aliphatic heterocycles. The fraction of sp³-hybridized carbons (Fsp3) is 0.444. The third-order valence-corrected chi connectivity index (χ3v) is 5.18. The predicted octanol–water partition coefficient (Wildman–Crippen LogP) is 5.43. The average molecular weight is 421 g/mol. The highest BCUT2D eigenvalue weighted by Crippen LogP contribution is 2.18. The largest absolute Gasteiger partial charge is 0.380 e. The lowest BCUT2D eigenvalue weighted by atomic mass is 9.99. The van der Waals surface area contributed by atoms with Gasteiger partial charge in [0.25, 0.3) is 0 Å². The molecule has 0 amide bonds. The molecule has 2 rings (SSSR count). The van der Waals surface area contributed by atoms with E-state index in [1.807, 2.05) is 19.2 Å². The Morgan fingerprint density at radius 2 is 2.00 bits per heavy atom. The van der Waals surface area contributed by atoms with Gasteiger partial charge in [-0.15, -0.1) is 0 Å². The quantitative estimate of drug-likeness (QED) is 0.514. The monoisotopic (exact) mass is 420 g/mol. The molecule has 1 saturated heterocycles. The molecule has 0 saturated carbocycles. The Hall–Kier alpha value is -2.59. The number of allylic oxidation sites excluding steroid dienone is 9. The summed E-state index contributed by atoms with van der Waals surface area (Å²) < 4.78 is 0. The van der Waals surface area contributed by atoms with Crippen LogP contribution in [0.2, 0.25) is 0 Å².